The zero-order valence-corrected chi connectivity index (χ0v) is 12.2. The first-order valence-corrected chi connectivity index (χ1v) is 6.55. The molecule has 19 heavy (non-hydrogen) atoms. The fourth-order valence-corrected chi connectivity index (χ4v) is 1.91. The topological polar surface area (TPSA) is 85.0 Å². The number of amides is 2. The summed E-state index contributed by atoms with van der Waals surface area (Å²) >= 11 is 3.25. The molecule has 0 aliphatic heterocycles. The second-order valence-electron chi connectivity index (χ2n) is 3.89. The van der Waals surface area contributed by atoms with Gasteiger partial charge in [-0.25, -0.2) is 9.78 Å². The minimum atomic E-state index is -0.343. The van der Waals surface area contributed by atoms with Gasteiger partial charge in [0, 0.05) is 19.7 Å². The van der Waals surface area contributed by atoms with E-state index in [-0.39, 0.29) is 12.6 Å². The number of hydrogen-bond acceptors (Lipinski definition) is 4. The minimum absolute atomic E-state index is 0.240. The Hall–Kier alpha value is -1.83. The van der Waals surface area contributed by atoms with Crippen molar-refractivity contribution in [2.45, 2.75) is 19.9 Å². The predicted molar refractivity (Wildman–Crippen MR) is 72.6 cm³/mol. The maximum Gasteiger partial charge on any atom is 0.319 e. The molecule has 8 heteroatoms. The Morgan fingerprint density at radius 3 is 2.95 bits per heavy atom. The molecule has 0 bridgehead atoms. The van der Waals surface area contributed by atoms with Gasteiger partial charge in [-0.2, -0.15) is 5.10 Å². The van der Waals surface area contributed by atoms with Crippen LogP contribution in [0.25, 0.3) is 0 Å². The lowest BCUT2D eigenvalue weighted by Gasteiger charge is -2.03. The first kappa shape index (κ1) is 13.6. The highest BCUT2D eigenvalue weighted by Gasteiger charge is 2.09. The third-order valence-electron chi connectivity index (χ3n) is 2.38. The van der Waals surface area contributed by atoms with Crippen LogP contribution in [0.2, 0.25) is 0 Å². The second kappa shape index (κ2) is 5.87. The Kier molecular flexibility index (Phi) is 4.20. The fourth-order valence-electron chi connectivity index (χ4n) is 1.46. The third kappa shape index (κ3) is 3.57. The van der Waals surface area contributed by atoms with Crippen molar-refractivity contribution in [2.75, 3.05) is 5.32 Å². The van der Waals surface area contributed by atoms with Crippen molar-refractivity contribution < 1.29 is 9.21 Å². The number of aromatic nitrogens is 3. The highest BCUT2D eigenvalue weighted by molar-refractivity contribution is 9.10. The van der Waals surface area contributed by atoms with Crippen molar-refractivity contribution in [3.63, 3.8) is 0 Å². The molecule has 0 saturated heterocycles. The summed E-state index contributed by atoms with van der Waals surface area (Å²) in [6.45, 7) is 2.22. The molecular formula is C11H14BrN5O2. The van der Waals surface area contributed by atoms with Crippen LogP contribution < -0.4 is 10.6 Å². The standard InChI is InChI=1S/C11H14BrN5O2/c1-3-7-4-13-9(19-7)5-14-11(18)15-8-6-17(2)16-10(8)12/h4,6H,3,5H2,1-2H3,(H2,14,15,18). The van der Waals surface area contributed by atoms with Crippen molar-refractivity contribution >= 4 is 27.6 Å². The number of aryl methyl sites for hydroxylation is 2. The third-order valence-corrected chi connectivity index (χ3v) is 2.97. The normalized spacial score (nSPS) is 10.5. The molecule has 0 radical (unpaired) electrons. The highest BCUT2D eigenvalue weighted by atomic mass is 79.9. The molecule has 0 fully saturated rings. The van der Waals surface area contributed by atoms with Gasteiger partial charge in [-0.1, -0.05) is 6.92 Å². The Morgan fingerprint density at radius 1 is 1.58 bits per heavy atom. The quantitative estimate of drug-likeness (QED) is 0.900. The Bertz CT molecular complexity index is 577. The molecule has 0 saturated carbocycles. The van der Waals surface area contributed by atoms with E-state index in [2.05, 4.69) is 36.6 Å². The molecule has 2 N–H and O–H groups in total. The van der Waals surface area contributed by atoms with Crippen molar-refractivity contribution in [2.24, 2.45) is 7.05 Å². The van der Waals surface area contributed by atoms with E-state index in [1.807, 2.05) is 6.92 Å². The molecular weight excluding hydrogens is 314 g/mol. The summed E-state index contributed by atoms with van der Waals surface area (Å²) in [5.74, 6) is 1.28. The summed E-state index contributed by atoms with van der Waals surface area (Å²) in [4.78, 5) is 15.7. The minimum Gasteiger partial charge on any atom is -0.444 e. The van der Waals surface area contributed by atoms with E-state index in [0.29, 0.717) is 16.2 Å². The van der Waals surface area contributed by atoms with Crippen LogP contribution in [0.5, 0.6) is 0 Å². The number of carbonyl (C=O) groups excluding carboxylic acids is 1. The molecule has 0 aliphatic rings. The molecule has 2 rings (SSSR count). The SMILES string of the molecule is CCc1cnc(CNC(=O)Nc2cn(C)nc2Br)o1. The molecule has 0 unspecified atom stereocenters. The van der Waals surface area contributed by atoms with Crippen LogP contribution in [0.4, 0.5) is 10.5 Å². The summed E-state index contributed by atoms with van der Waals surface area (Å²) in [5, 5.41) is 9.39. The number of oxazole rings is 1. The van der Waals surface area contributed by atoms with Gasteiger partial charge in [0.15, 0.2) is 4.60 Å². The first-order chi connectivity index (χ1) is 9.08. The van der Waals surface area contributed by atoms with E-state index in [0.717, 1.165) is 12.2 Å². The monoisotopic (exact) mass is 327 g/mol. The van der Waals surface area contributed by atoms with E-state index < -0.39 is 0 Å². The largest absolute Gasteiger partial charge is 0.444 e. The average Bonchev–Trinajstić information content (AvgIpc) is 2.94. The zero-order chi connectivity index (χ0) is 13.8. The summed E-state index contributed by atoms with van der Waals surface area (Å²) < 4.78 is 7.56. The van der Waals surface area contributed by atoms with Gasteiger partial charge in [0.2, 0.25) is 5.89 Å². The first-order valence-electron chi connectivity index (χ1n) is 5.76. The van der Waals surface area contributed by atoms with E-state index in [4.69, 9.17) is 4.42 Å². The smallest absolute Gasteiger partial charge is 0.319 e. The Morgan fingerprint density at radius 2 is 2.37 bits per heavy atom. The molecule has 0 spiro atoms. The van der Waals surface area contributed by atoms with Crippen molar-refractivity contribution in [1.82, 2.24) is 20.1 Å². The molecule has 0 atom stereocenters. The van der Waals surface area contributed by atoms with Gasteiger partial charge < -0.3 is 15.1 Å². The van der Waals surface area contributed by atoms with E-state index in [9.17, 15) is 4.79 Å². The molecule has 2 amide bonds. The van der Waals surface area contributed by atoms with Crippen LogP contribution in [0, 0.1) is 0 Å². The van der Waals surface area contributed by atoms with Crippen molar-refractivity contribution in [3.05, 3.63) is 28.6 Å². The molecule has 0 aliphatic carbocycles. The van der Waals surface area contributed by atoms with E-state index >= 15 is 0 Å². The lowest BCUT2D eigenvalue weighted by molar-refractivity contribution is 0.250. The van der Waals surface area contributed by atoms with Crippen LogP contribution in [-0.2, 0) is 20.0 Å². The van der Waals surface area contributed by atoms with Gasteiger partial charge >= 0.3 is 6.03 Å². The number of urea groups is 1. The molecule has 2 aromatic heterocycles. The average molecular weight is 328 g/mol. The molecule has 0 aromatic carbocycles. The lowest BCUT2D eigenvalue weighted by atomic mass is 10.4. The Balaban J connectivity index is 1.86. The number of anilines is 1. The van der Waals surface area contributed by atoms with E-state index in [1.165, 1.54) is 0 Å². The van der Waals surface area contributed by atoms with Crippen LogP contribution >= 0.6 is 15.9 Å². The summed E-state index contributed by atoms with van der Waals surface area (Å²) in [6, 6.07) is -0.343. The van der Waals surface area contributed by atoms with Gasteiger partial charge in [-0.15, -0.1) is 0 Å². The molecule has 7 nitrogen and oxygen atoms in total. The predicted octanol–water partition coefficient (Wildman–Crippen LogP) is 2.05. The number of rotatable bonds is 4. The number of nitrogens with one attached hydrogen (secondary N) is 2. The summed E-state index contributed by atoms with van der Waals surface area (Å²) in [5.41, 5.74) is 0.599. The Labute approximate surface area is 118 Å². The van der Waals surface area contributed by atoms with Gasteiger partial charge in [-0.3, -0.25) is 4.68 Å². The summed E-state index contributed by atoms with van der Waals surface area (Å²) in [7, 11) is 1.77. The van der Waals surface area contributed by atoms with Crippen LogP contribution in [0.15, 0.2) is 21.4 Å². The van der Waals surface area contributed by atoms with Gasteiger partial charge in [0.05, 0.1) is 18.4 Å². The lowest BCUT2D eigenvalue weighted by Crippen LogP contribution is -2.28. The summed E-state index contributed by atoms with van der Waals surface area (Å²) in [6.07, 6.45) is 4.14. The number of halogens is 1. The maximum atomic E-state index is 11.7. The molecule has 102 valence electrons. The van der Waals surface area contributed by atoms with Crippen LogP contribution in [0.1, 0.15) is 18.6 Å². The number of hydrogen-bond donors (Lipinski definition) is 2. The highest BCUT2D eigenvalue weighted by Crippen LogP contribution is 2.18. The van der Waals surface area contributed by atoms with Gasteiger partial charge in [0.25, 0.3) is 0 Å². The molecule has 2 aromatic rings. The van der Waals surface area contributed by atoms with Gasteiger partial charge in [0.1, 0.15) is 5.76 Å². The number of carbonyl (C=O) groups is 1. The fraction of sp³-hybridized carbons (Fsp3) is 0.364. The number of nitrogens with zero attached hydrogens (tertiary/aromatic N) is 3. The zero-order valence-electron chi connectivity index (χ0n) is 10.6. The molecule has 2 heterocycles. The maximum absolute atomic E-state index is 11.7. The van der Waals surface area contributed by atoms with E-state index in [1.54, 1.807) is 24.1 Å². The van der Waals surface area contributed by atoms with Crippen molar-refractivity contribution in [1.29, 1.82) is 0 Å². The van der Waals surface area contributed by atoms with Crippen LogP contribution in [-0.4, -0.2) is 20.8 Å². The van der Waals surface area contributed by atoms with Gasteiger partial charge in [-0.05, 0) is 15.9 Å². The van der Waals surface area contributed by atoms with Crippen LogP contribution in [0.3, 0.4) is 0 Å². The second-order valence-corrected chi connectivity index (χ2v) is 4.64. The van der Waals surface area contributed by atoms with Crippen molar-refractivity contribution in [3.8, 4) is 0 Å².